The van der Waals surface area contributed by atoms with Crippen LogP contribution in [-0.2, 0) is 5.41 Å². The Morgan fingerprint density at radius 3 is 2.18 bits per heavy atom. The van der Waals surface area contributed by atoms with Crippen molar-refractivity contribution in [3.63, 3.8) is 0 Å². The zero-order chi connectivity index (χ0) is 13.4. The third kappa shape index (κ3) is 2.58. The summed E-state index contributed by atoms with van der Waals surface area (Å²) in [5, 5.41) is 28.7. The van der Waals surface area contributed by atoms with E-state index in [9.17, 15) is 15.0 Å². The second-order valence-electron chi connectivity index (χ2n) is 5.15. The molecule has 0 aromatic heterocycles. The molecule has 0 spiro atoms. The number of phenols is 1. The largest absolute Gasteiger partial charge is 0.508 e. The molecular weight excluding hydrogens is 220 g/mol. The van der Waals surface area contributed by atoms with E-state index in [4.69, 9.17) is 5.11 Å². The highest BCUT2D eigenvalue weighted by Gasteiger charge is 2.28. The van der Waals surface area contributed by atoms with Crippen LogP contribution in [0, 0.1) is 0 Å². The van der Waals surface area contributed by atoms with Gasteiger partial charge in [0.05, 0.1) is 11.7 Å². The van der Waals surface area contributed by atoms with Gasteiger partial charge in [0.2, 0.25) is 0 Å². The van der Waals surface area contributed by atoms with Crippen LogP contribution in [0.2, 0.25) is 0 Å². The van der Waals surface area contributed by atoms with Crippen molar-refractivity contribution >= 4 is 5.97 Å². The molecule has 4 nitrogen and oxygen atoms in total. The first kappa shape index (κ1) is 13.5. The van der Waals surface area contributed by atoms with Crippen LogP contribution in [0.3, 0.4) is 0 Å². The van der Waals surface area contributed by atoms with E-state index >= 15 is 0 Å². The molecule has 0 fully saturated rings. The van der Waals surface area contributed by atoms with Crippen molar-refractivity contribution in [3.8, 4) is 5.75 Å². The normalized spacial score (nSPS) is 13.5. The first-order valence-corrected chi connectivity index (χ1v) is 5.44. The minimum absolute atomic E-state index is 0.0124. The zero-order valence-corrected chi connectivity index (χ0v) is 10.5. The molecule has 0 saturated heterocycles. The van der Waals surface area contributed by atoms with Gasteiger partial charge >= 0.3 is 5.97 Å². The van der Waals surface area contributed by atoms with E-state index in [1.165, 1.54) is 19.1 Å². The van der Waals surface area contributed by atoms with Crippen molar-refractivity contribution in [1.82, 2.24) is 0 Å². The van der Waals surface area contributed by atoms with E-state index in [1.54, 1.807) is 0 Å². The first-order chi connectivity index (χ1) is 7.66. The lowest BCUT2D eigenvalue weighted by molar-refractivity contribution is 0.0689. The predicted molar refractivity (Wildman–Crippen MR) is 64.4 cm³/mol. The van der Waals surface area contributed by atoms with E-state index in [1.807, 2.05) is 20.8 Å². The molecule has 0 heterocycles. The van der Waals surface area contributed by atoms with Gasteiger partial charge in [-0.25, -0.2) is 4.79 Å². The standard InChI is InChI=1S/C13H18O4/c1-7(14)10-8(12(16)17)5-6-9(15)11(10)13(2,3)4/h5-7,14-15H,1-4H3,(H,16,17). The molecule has 0 aliphatic carbocycles. The molecule has 1 atom stereocenters. The van der Waals surface area contributed by atoms with Crippen molar-refractivity contribution in [2.75, 3.05) is 0 Å². The molecule has 3 N–H and O–H groups in total. The van der Waals surface area contributed by atoms with Crippen LogP contribution in [0.4, 0.5) is 0 Å². The Balaban J connectivity index is 3.67. The number of carboxylic acids is 1. The Morgan fingerprint density at radius 2 is 1.82 bits per heavy atom. The molecule has 0 aliphatic rings. The molecule has 0 radical (unpaired) electrons. The average molecular weight is 238 g/mol. The number of aliphatic hydroxyl groups excluding tert-OH is 1. The summed E-state index contributed by atoms with van der Waals surface area (Å²) >= 11 is 0. The molecule has 1 rings (SSSR count). The van der Waals surface area contributed by atoms with E-state index in [-0.39, 0.29) is 16.9 Å². The summed E-state index contributed by atoms with van der Waals surface area (Å²) in [4.78, 5) is 11.1. The number of carbonyl (C=O) groups is 1. The summed E-state index contributed by atoms with van der Waals surface area (Å²) in [6.45, 7) is 7.08. The van der Waals surface area contributed by atoms with Gasteiger partial charge in [0.15, 0.2) is 0 Å². The highest BCUT2D eigenvalue weighted by atomic mass is 16.4. The van der Waals surface area contributed by atoms with Crippen LogP contribution in [0.25, 0.3) is 0 Å². The van der Waals surface area contributed by atoms with Gasteiger partial charge in [-0.05, 0) is 24.5 Å². The second-order valence-corrected chi connectivity index (χ2v) is 5.15. The van der Waals surface area contributed by atoms with Crippen LogP contribution < -0.4 is 0 Å². The van der Waals surface area contributed by atoms with Gasteiger partial charge in [0, 0.05) is 11.1 Å². The second kappa shape index (κ2) is 4.37. The SMILES string of the molecule is CC(O)c1c(C(=O)O)ccc(O)c1C(C)(C)C. The van der Waals surface area contributed by atoms with Crippen molar-refractivity contribution in [2.45, 2.75) is 39.2 Å². The Bertz CT molecular complexity index is 441. The molecule has 0 aliphatic heterocycles. The molecule has 1 aromatic rings. The van der Waals surface area contributed by atoms with E-state index < -0.39 is 17.5 Å². The van der Waals surface area contributed by atoms with Crippen molar-refractivity contribution in [3.05, 3.63) is 28.8 Å². The Morgan fingerprint density at radius 1 is 1.29 bits per heavy atom. The third-order valence-corrected chi connectivity index (χ3v) is 2.62. The number of carboxylic acid groups (broad SMARTS) is 1. The van der Waals surface area contributed by atoms with Crippen molar-refractivity contribution < 1.29 is 20.1 Å². The fourth-order valence-electron chi connectivity index (χ4n) is 2.02. The molecule has 0 saturated carbocycles. The van der Waals surface area contributed by atoms with Gasteiger partial charge in [-0.3, -0.25) is 0 Å². The number of hydrogen-bond donors (Lipinski definition) is 3. The van der Waals surface area contributed by atoms with Gasteiger partial charge in [0.25, 0.3) is 0 Å². The Hall–Kier alpha value is -1.55. The third-order valence-electron chi connectivity index (χ3n) is 2.62. The summed E-state index contributed by atoms with van der Waals surface area (Å²) in [6, 6.07) is 2.67. The summed E-state index contributed by atoms with van der Waals surface area (Å²) in [7, 11) is 0. The zero-order valence-electron chi connectivity index (χ0n) is 10.5. The lowest BCUT2D eigenvalue weighted by Crippen LogP contribution is -2.19. The molecule has 4 heteroatoms. The van der Waals surface area contributed by atoms with E-state index in [2.05, 4.69) is 0 Å². The lowest BCUT2D eigenvalue weighted by atomic mass is 9.80. The number of aromatic carboxylic acids is 1. The van der Waals surface area contributed by atoms with Gasteiger partial charge in [-0.15, -0.1) is 0 Å². The van der Waals surface area contributed by atoms with Crippen LogP contribution in [0.1, 0.15) is 55.3 Å². The molecule has 94 valence electrons. The summed E-state index contributed by atoms with van der Waals surface area (Å²) in [6.07, 6.45) is -0.942. The smallest absolute Gasteiger partial charge is 0.336 e. The van der Waals surface area contributed by atoms with Gasteiger partial charge in [0.1, 0.15) is 5.75 Å². The van der Waals surface area contributed by atoms with Crippen LogP contribution in [-0.4, -0.2) is 21.3 Å². The molecular formula is C13H18O4. The van der Waals surface area contributed by atoms with Gasteiger partial charge < -0.3 is 15.3 Å². The van der Waals surface area contributed by atoms with Gasteiger partial charge in [-0.1, -0.05) is 20.8 Å². The first-order valence-electron chi connectivity index (χ1n) is 5.44. The predicted octanol–water partition coefficient (Wildman–Crippen LogP) is 2.44. The molecule has 1 aromatic carbocycles. The van der Waals surface area contributed by atoms with Crippen molar-refractivity contribution in [1.29, 1.82) is 0 Å². The fraction of sp³-hybridized carbons (Fsp3) is 0.462. The van der Waals surface area contributed by atoms with Gasteiger partial charge in [-0.2, -0.15) is 0 Å². The monoisotopic (exact) mass is 238 g/mol. The maximum Gasteiger partial charge on any atom is 0.336 e. The summed E-state index contributed by atoms with van der Waals surface area (Å²) in [5.41, 5.74) is 0.349. The average Bonchev–Trinajstić information content (AvgIpc) is 2.14. The minimum atomic E-state index is -1.11. The number of rotatable bonds is 2. The molecule has 0 amide bonds. The van der Waals surface area contributed by atoms with Crippen LogP contribution in [0.15, 0.2) is 12.1 Å². The highest BCUT2D eigenvalue weighted by Crippen LogP contribution is 2.38. The highest BCUT2D eigenvalue weighted by molar-refractivity contribution is 5.90. The fourth-order valence-corrected chi connectivity index (χ4v) is 2.02. The topological polar surface area (TPSA) is 77.8 Å². The quantitative estimate of drug-likeness (QED) is 0.739. The Labute approximate surface area is 101 Å². The lowest BCUT2D eigenvalue weighted by Gasteiger charge is -2.26. The molecule has 0 bridgehead atoms. The number of hydrogen-bond acceptors (Lipinski definition) is 3. The van der Waals surface area contributed by atoms with Crippen LogP contribution >= 0.6 is 0 Å². The maximum atomic E-state index is 11.1. The number of benzene rings is 1. The van der Waals surface area contributed by atoms with E-state index in [0.717, 1.165) is 0 Å². The summed E-state index contributed by atoms with van der Waals surface area (Å²) in [5.74, 6) is -1.09. The summed E-state index contributed by atoms with van der Waals surface area (Å²) < 4.78 is 0. The number of phenolic OH excluding ortho intramolecular Hbond substituents is 1. The van der Waals surface area contributed by atoms with E-state index in [0.29, 0.717) is 5.56 Å². The Kier molecular flexibility index (Phi) is 3.48. The molecule has 1 unspecified atom stereocenters. The molecule has 17 heavy (non-hydrogen) atoms. The maximum absolute atomic E-state index is 11.1. The number of aliphatic hydroxyl groups is 1. The van der Waals surface area contributed by atoms with Crippen LogP contribution in [0.5, 0.6) is 5.75 Å². The minimum Gasteiger partial charge on any atom is -0.508 e. The number of aromatic hydroxyl groups is 1. The van der Waals surface area contributed by atoms with Crippen molar-refractivity contribution in [2.24, 2.45) is 0 Å².